The van der Waals surface area contributed by atoms with Crippen LogP contribution >= 0.6 is 11.3 Å². The minimum Gasteiger partial charge on any atom is -0.335 e. The molecule has 3 rings (SSSR count). The van der Waals surface area contributed by atoms with Crippen LogP contribution in [0, 0.1) is 0 Å². The maximum atomic E-state index is 12.1. The molecule has 0 radical (unpaired) electrons. The molecule has 0 unspecified atom stereocenters. The molecule has 22 heavy (non-hydrogen) atoms. The Balaban J connectivity index is 1.64. The summed E-state index contributed by atoms with van der Waals surface area (Å²) in [5.74, 6) is 1.52. The maximum absolute atomic E-state index is 12.1. The molecule has 7 heteroatoms. The number of aromatic nitrogens is 3. The quantitative estimate of drug-likeness (QED) is 0.936. The highest BCUT2D eigenvalue weighted by molar-refractivity contribution is 7.13. The molecule has 0 aromatic carbocycles. The van der Waals surface area contributed by atoms with Crippen molar-refractivity contribution in [1.29, 1.82) is 0 Å². The zero-order valence-corrected chi connectivity index (χ0v) is 14.0. The molecular weight excluding hydrogens is 298 g/mol. The zero-order chi connectivity index (χ0) is 15.7. The fourth-order valence-corrected chi connectivity index (χ4v) is 3.45. The van der Waals surface area contributed by atoms with E-state index in [4.69, 9.17) is 4.98 Å². The van der Waals surface area contributed by atoms with E-state index >= 15 is 0 Å². The highest BCUT2D eigenvalue weighted by Gasteiger charge is 2.24. The van der Waals surface area contributed by atoms with Crippen molar-refractivity contribution in [1.82, 2.24) is 19.4 Å². The number of carbonyl (C=O) groups is 1. The minimum atomic E-state index is -0.0154. The van der Waals surface area contributed by atoms with Gasteiger partial charge in [-0.2, -0.15) is 0 Å². The molecule has 6 nitrogen and oxygen atoms in total. The molecule has 1 aliphatic heterocycles. The molecule has 118 valence electrons. The Bertz CT molecular complexity index is 662. The first-order valence-electron chi connectivity index (χ1n) is 7.50. The average Bonchev–Trinajstić information content (AvgIpc) is 3.07. The molecule has 0 atom stereocenters. The fraction of sp³-hybridized carbons (Fsp3) is 0.533. The summed E-state index contributed by atoms with van der Waals surface area (Å²) in [4.78, 5) is 23.0. The third-order valence-electron chi connectivity index (χ3n) is 3.93. The number of hydrogen-bond donors (Lipinski definition) is 1. The van der Waals surface area contributed by atoms with Crippen LogP contribution in [0.1, 0.15) is 37.0 Å². The second-order valence-electron chi connectivity index (χ2n) is 5.92. The van der Waals surface area contributed by atoms with E-state index in [1.807, 2.05) is 5.38 Å². The molecule has 2 aromatic rings. The van der Waals surface area contributed by atoms with E-state index in [-0.39, 0.29) is 5.91 Å². The fourth-order valence-electron chi connectivity index (χ4n) is 2.90. The monoisotopic (exact) mass is 319 g/mol. The normalized spacial score (nSPS) is 15.1. The molecule has 1 N–H and O–H groups in total. The van der Waals surface area contributed by atoms with Crippen LogP contribution in [-0.4, -0.2) is 38.4 Å². The van der Waals surface area contributed by atoms with E-state index in [1.54, 1.807) is 6.20 Å². The van der Waals surface area contributed by atoms with Crippen molar-refractivity contribution >= 4 is 22.4 Å². The highest BCUT2D eigenvalue weighted by Crippen LogP contribution is 2.23. The van der Waals surface area contributed by atoms with Crippen molar-refractivity contribution in [3.05, 3.63) is 28.8 Å². The van der Waals surface area contributed by atoms with Gasteiger partial charge in [-0.3, -0.25) is 9.69 Å². The molecule has 0 saturated carbocycles. The number of carbonyl (C=O) groups excluding carboxylic acids is 1. The summed E-state index contributed by atoms with van der Waals surface area (Å²) in [5, 5.41) is 5.34. The predicted molar refractivity (Wildman–Crippen MR) is 87.0 cm³/mol. The molecule has 3 heterocycles. The van der Waals surface area contributed by atoms with Crippen LogP contribution in [-0.2, 0) is 24.8 Å². The van der Waals surface area contributed by atoms with Crippen LogP contribution in [0.4, 0.5) is 5.13 Å². The highest BCUT2D eigenvalue weighted by atomic mass is 32.1. The largest absolute Gasteiger partial charge is 0.335 e. The lowest BCUT2D eigenvalue weighted by Gasteiger charge is -2.25. The summed E-state index contributed by atoms with van der Waals surface area (Å²) in [7, 11) is 2.09. The summed E-state index contributed by atoms with van der Waals surface area (Å²) in [5.41, 5.74) is 2.42. The van der Waals surface area contributed by atoms with E-state index in [1.165, 1.54) is 17.0 Å². The van der Waals surface area contributed by atoms with Crippen molar-refractivity contribution in [2.45, 2.75) is 32.7 Å². The molecular formula is C15H21N5OS. The van der Waals surface area contributed by atoms with Crippen LogP contribution in [0.2, 0.25) is 0 Å². The summed E-state index contributed by atoms with van der Waals surface area (Å²) >= 11 is 1.43. The van der Waals surface area contributed by atoms with Crippen LogP contribution in [0.5, 0.6) is 0 Å². The van der Waals surface area contributed by atoms with Gasteiger partial charge in [0.15, 0.2) is 5.13 Å². The zero-order valence-electron chi connectivity index (χ0n) is 13.2. The van der Waals surface area contributed by atoms with Crippen LogP contribution < -0.4 is 5.32 Å². The molecule has 2 aromatic heterocycles. The number of nitrogens with one attached hydrogen (secondary N) is 1. The Morgan fingerprint density at radius 1 is 1.50 bits per heavy atom. The van der Waals surface area contributed by atoms with Gasteiger partial charge >= 0.3 is 0 Å². The summed E-state index contributed by atoms with van der Waals surface area (Å²) in [6, 6.07) is 0. The van der Waals surface area contributed by atoms with Gasteiger partial charge in [0.25, 0.3) is 0 Å². The number of thiazole rings is 1. The maximum Gasteiger partial charge on any atom is 0.240 e. The van der Waals surface area contributed by atoms with E-state index < -0.39 is 0 Å². The molecule has 1 aliphatic rings. The number of anilines is 1. The van der Waals surface area contributed by atoms with Crippen LogP contribution in [0.25, 0.3) is 0 Å². The van der Waals surface area contributed by atoms with Crippen molar-refractivity contribution in [2.24, 2.45) is 7.05 Å². The van der Waals surface area contributed by atoms with Crippen molar-refractivity contribution in [3.63, 3.8) is 0 Å². The number of rotatable bonds is 4. The Morgan fingerprint density at radius 3 is 3.00 bits per heavy atom. The first-order chi connectivity index (χ1) is 10.5. The van der Waals surface area contributed by atoms with Gasteiger partial charge in [0.2, 0.25) is 5.91 Å². The van der Waals surface area contributed by atoms with Crippen molar-refractivity contribution in [2.75, 3.05) is 18.4 Å². The first kappa shape index (κ1) is 15.2. The minimum absolute atomic E-state index is 0.0154. The summed E-state index contributed by atoms with van der Waals surface area (Å²) in [6.07, 6.45) is 2.63. The van der Waals surface area contributed by atoms with Crippen LogP contribution in [0.3, 0.4) is 0 Å². The van der Waals surface area contributed by atoms with Gasteiger partial charge in [0.1, 0.15) is 5.82 Å². The SMILES string of the molecule is CC(C)c1nc2c(n1C)CCN(CC(=O)Nc1nccs1)C2. The Labute approximate surface area is 134 Å². The van der Waals surface area contributed by atoms with Gasteiger partial charge in [-0.25, -0.2) is 9.97 Å². The third kappa shape index (κ3) is 3.05. The number of hydrogen-bond acceptors (Lipinski definition) is 5. The average molecular weight is 319 g/mol. The molecule has 0 saturated heterocycles. The van der Waals surface area contributed by atoms with Crippen molar-refractivity contribution in [3.8, 4) is 0 Å². The lowest BCUT2D eigenvalue weighted by atomic mass is 10.1. The van der Waals surface area contributed by atoms with Gasteiger partial charge < -0.3 is 9.88 Å². The topological polar surface area (TPSA) is 63.1 Å². The molecule has 1 amide bonds. The van der Waals surface area contributed by atoms with Gasteiger partial charge in [-0.1, -0.05) is 13.8 Å². The smallest absolute Gasteiger partial charge is 0.240 e. The molecule has 0 aliphatic carbocycles. The van der Waals surface area contributed by atoms with E-state index in [0.717, 1.165) is 31.0 Å². The first-order valence-corrected chi connectivity index (χ1v) is 8.38. The van der Waals surface area contributed by atoms with Crippen molar-refractivity contribution < 1.29 is 4.79 Å². The van der Waals surface area contributed by atoms with Gasteiger partial charge in [-0.05, 0) is 0 Å². The number of amides is 1. The lowest BCUT2D eigenvalue weighted by Crippen LogP contribution is -2.37. The predicted octanol–water partition coefficient (Wildman–Crippen LogP) is 2.00. The number of fused-ring (bicyclic) bond motifs is 1. The molecule has 0 bridgehead atoms. The second kappa shape index (κ2) is 6.18. The van der Waals surface area contributed by atoms with Crippen LogP contribution in [0.15, 0.2) is 11.6 Å². The second-order valence-corrected chi connectivity index (χ2v) is 6.82. The Hall–Kier alpha value is -1.73. The third-order valence-corrected chi connectivity index (χ3v) is 4.62. The summed E-state index contributed by atoms with van der Waals surface area (Å²) < 4.78 is 2.22. The number of imidazole rings is 1. The summed E-state index contributed by atoms with van der Waals surface area (Å²) in [6.45, 7) is 6.32. The van der Waals surface area contributed by atoms with Gasteiger partial charge in [0, 0.05) is 49.7 Å². The Kier molecular flexibility index (Phi) is 4.26. The van der Waals surface area contributed by atoms with E-state index in [2.05, 4.69) is 40.7 Å². The molecule has 0 fully saturated rings. The van der Waals surface area contributed by atoms with E-state index in [0.29, 0.717) is 17.6 Å². The van der Waals surface area contributed by atoms with Gasteiger partial charge in [0.05, 0.1) is 12.2 Å². The lowest BCUT2D eigenvalue weighted by molar-refractivity contribution is -0.117. The van der Waals surface area contributed by atoms with Gasteiger partial charge in [-0.15, -0.1) is 11.3 Å². The standard InChI is InChI=1S/C15H21N5OS/c1-10(2)14-17-11-8-20(6-4-12(11)19(14)3)9-13(21)18-15-16-5-7-22-15/h5,7,10H,4,6,8-9H2,1-3H3,(H,16,18,21). The Morgan fingerprint density at radius 2 is 2.32 bits per heavy atom. The number of nitrogens with zero attached hydrogens (tertiary/aromatic N) is 4. The molecule has 0 spiro atoms. The van der Waals surface area contributed by atoms with E-state index in [9.17, 15) is 4.79 Å².